The Morgan fingerprint density at radius 2 is 1.96 bits per heavy atom. The number of hydrogen-bond donors (Lipinski definition) is 1. The number of fused-ring (bicyclic) bond motifs is 1. The molecule has 0 radical (unpaired) electrons. The minimum atomic E-state index is -3.81. The molecule has 0 spiro atoms. The second-order valence-corrected chi connectivity index (χ2v) is 7.34. The van der Waals surface area contributed by atoms with Gasteiger partial charge in [-0.25, -0.2) is 0 Å². The Balaban J connectivity index is 1.98. The first-order chi connectivity index (χ1) is 10.8. The second-order valence-electron chi connectivity index (χ2n) is 5.15. The fourth-order valence-corrected chi connectivity index (χ4v) is 2.72. The van der Waals surface area contributed by atoms with Crippen molar-refractivity contribution in [2.24, 2.45) is 0 Å². The number of nitrogens with zero attached hydrogens (tertiary/aromatic N) is 2. The van der Waals surface area contributed by atoms with Crippen LogP contribution in [-0.4, -0.2) is 36.8 Å². The Labute approximate surface area is 138 Å². The summed E-state index contributed by atoms with van der Waals surface area (Å²) in [6, 6.07) is 9.09. The van der Waals surface area contributed by atoms with Crippen LogP contribution in [0.15, 0.2) is 42.7 Å². The molecule has 23 heavy (non-hydrogen) atoms. The van der Waals surface area contributed by atoms with E-state index in [2.05, 4.69) is 9.97 Å². The number of aromatic amines is 1. The first-order valence-electron chi connectivity index (χ1n) is 6.71. The van der Waals surface area contributed by atoms with Gasteiger partial charge in [0.2, 0.25) is 0 Å². The monoisotopic (exact) mass is 351 g/mol. The number of benzene rings is 1. The topological polar surface area (TPSA) is 75.3 Å². The van der Waals surface area contributed by atoms with Gasteiger partial charge in [0.15, 0.2) is 5.75 Å². The number of pyridine rings is 1. The lowest BCUT2D eigenvalue weighted by molar-refractivity contribution is 0.421. The van der Waals surface area contributed by atoms with Crippen molar-refractivity contribution in [3.63, 3.8) is 0 Å². The Kier molecular flexibility index (Phi) is 4.01. The standard InChI is InChI=1S/C15H14ClN3O3S/c1-19(2)23(20,21)22-13-5-11(8-17-9-13)14-6-10-3-4-12(16)7-15(10)18-14/h3-9,18H,1-2H3. The quantitative estimate of drug-likeness (QED) is 0.783. The highest BCUT2D eigenvalue weighted by atomic mass is 35.5. The van der Waals surface area contributed by atoms with Gasteiger partial charge in [-0.1, -0.05) is 17.7 Å². The molecule has 1 aromatic carbocycles. The van der Waals surface area contributed by atoms with Gasteiger partial charge in [0.25, 0.3) is 0 Å². The van der Waals surface area contributed by atoms with E-state index in [1.165, 1.54) is 20.3 Å². The number of aromatic nitrogens is 2. The van der Waals surface area contributed by atoms with Gasteiger partial charge in [-0.3, -0.25) is 4.98 Å². The molecule has 0 bridgehead atoms. The predicted molar refractivity (Wildman–Crippen MR) is 89.8 cm³/mol. The largest absolute Gasteiger partial charge is 0.384 e. The number of halogens is 1. The smallest absolute Gasteiger partial charge is 0.369 e. The van der Waals surface area contributed by atoms with Crippen LogP contribution in [-0.2, 0) is 10.3 Å². The molecule has 6 nitrogen and oxygen atoms in total. The maximum atomic E-state index is 11.8. The van der Waals surface area contributed by atoms with Gasteiger partial charge in [0.1, 0.15) is 0 Å². The van der Waals surface area contributed by atoms with Gasteiger partial charge in [-0.2, -0.15) is 12.7 Å². The summed E-state index contributed by atoms with van der Waals surface area (Å²) in [5.41, 5.74) is 2.39. The molecular weight excluding hydrogens is 338 g/mol. The minimum Gasteiger partial charge on any atom is -0.369 e. The molecule has 0 aliphatic rings. The molecule has 0 fully saturated rings. The van der Waals surface area contributed by atoms with E-state index < -0.39 is 10.3 Å². The number of nitrogens with one attached hydrogen (secondary N) is 1. The molecular formula is C15H14ClN3O3S. The van der Waals surface area contributed by atoms with Crippen molar-refractivity contribution in [2.45, 2.75) is 0 Å². The van der Waals surface area contributed by atoms with Gasteiger partial charge in [0.05, 0.1) is 6.20 Å². The van der Waals surface area contributed by atoms with Crippen LogP contribution < -0.4 is 4.18 Å². The fraction of sp³-hybridized carbons (Fsp3) is 0.133. The van der Waals surface area contributed by atoms with Crippen LogP contribution in [0.1, 0.15) is 0 Å². The van der Waals surface area contributed by atoms with Crippen LogP contribution in [0.25, 0.3) is 22.2 Å². The Bertz CT molecular complexity index is 967. The van der Waals surface area contributed by atoms with Crippen LogP contribution in [0.3, 0.4) is 0 Å². The van der Waals surface area contributed by atoms with E-state index in [1.54, 1.807) is 12.3 Å². The van der Waals surface area contributed by atoms with Crippen LogP contribution in [0.2, 0.25) is 5.02 Å². The van der Waals surface area contributed by atoms with Crippen LogP contribution in [0.5, 0.6) is 5.75 Å². The van der Waals surface area contributed by atoms with E-state index in [1.807, 2.05) is 24.3 Å². The maximum absolute atomic E-state index is 11.8. The summed E-state index contributed by atoms with van der Waals surface area (Å²) >= 11 is 5.98. The maximum Gasteiger partial charge on any atom is 0.384 e. The van der Waals surface area contributed by atoms with Gasteiger partial charge in [-0.05, 0) is 24.3 Å². The molecule has 2 aromatic heterocycles. The Morgan fingerprint density at radius 3 is 2.70 bits per heavy atom. The summed E-state index contributed by atoms with van der Waals surface area (Å²) in [6.07, 6.45) is 2.98. The zero-order chi connectivity index (χ0) is 16.6. The molecule has 3 rings (SSSR count). The minimum absolute atomic E-state index is 0.146. The lowest BCUT2D eigenvalue weighted by Gasteiger charge is -2.12. The SMILES string of the molecule is CN(C)S(=O)(=O)Oc1cncc(-c2cc3ccc(Cl)cc3[nH]2)c1. The highest BCUT2D eigenvalue weighted by molar-refractivity contribution is 7.84. The lowest BCUT2D eigenvalue weighted by Crippen LogP contribution is -2.27. The normalized spacial score (nSPS) is 12.0. The molecule has 0 atom stereocenters. The molecule has 0 saturated carbocycles. The van der Waals surface area contributed by atoms with Gasteiger partial charge < -0.3 is 9.17 Å². The molecule has 8 heteroatoms. The third-order valence-corrected chi connectivity index (χ3v) is 4.79. The van der Waals surface area contributed by atoms with E-state index in [0.29, 0.717) is 10.6 Å². The third kappa shape index (κ3) is 3.31. The lowest BCUT2D eigenvalue weighted by atomic mass is 10.2. The highest BCUT2D eigenvalue weighted by Gasteiger charge is 2.16. The molecule has 2 heterocycles. The van der Waals surface area contributed by atoms with Crippen molar-refractivity contribution in [3.05, 3.63) is 47.7 Å². The van der Waals surface area contributed by atoms with E-state index in [4.69, 9.17) is 15.8 Å². The summed E-state index contributed by atoms with van der Waals surface area (Å²) < 4.78 is 29.6. The predicted octanol–water partition coefficient (Wildman–Crippen LogP) is 3.07. The summed E-state index contributed by atoms with van der Waals surface area (Å²) in [5.74, 6) is 0.146. The van der Waals surface area contributed by atoms with Crippen molar-refractivity contribution in [1.82, 2.24) is 14.3 Å². The van der Waals surface area contributed by atoms with Crippen molar-refractivity contribution in [3.8, 4) is 17.0 Å². The first-order valence-corrected chi connectivity index (χ1v) is 8.45. The van der Waals surface area contributed by atoms with Gasteiger partial charge >= 0.3 is 10.3 Å². The number of rotatable bonds is 4. The first kappa shape index (κ1) is 15.8. The molecule has 3 aromatic rings. The van der Waals surface area contributed by atoms with Crippen molar-refractivity contribution >= 4 is 32.8 Å². The van der Waals surface area contributed by atoms with Crippen LogP contribution in [0, 0.1) is 0 Å². The van der Waals surface area contributed by atoms with E-state index >= 15 is 0 Å². The zero-order valence-electron chi connectivity index (χ0n) is 12.4. The Hall–Kier alpha value is -2.09. The molecule has 0 aliphatic heterocycles. The van der Waals surface area contributed by atoms with Crippen LogP contribution >= 0.6 is 11.6 Å². The van der Waals surface area contributed by atoms with Gasteiger partial charge in [0, 0.05) is 47.5 Å². The highest BCUT2D eigenvalue weighted by Crippen LogP contribution is 2.28. The Morgan fingerprint density at radius 1 is 1.17 bits per heavy atom. The second kappa shape index (κ2) is 5.84. The fourth-order valence-electron chi connectivity index (χ4n) is 2.06. The average molecular weight is 352 g/mol. The molecule has 0 saturated heterocycles. The average Bonchev–Trinajstić information content (AvgIpc) is 2.90. The molecule has 120 valence electrons. The summed E-state index contributed by atoms with van der Waals surface area (Å²) in [7, 11) is -1.02. The molecule has 0 amide bonds. The molecule has 0 unspecified atom stereocenters. The van der Waals surface area contributed by atoms with E-state index in [0.717, 1.165) is 20.9 Å². The number of hydrogen-bond acceptors (Lipinski definition) is 4. The molecule has 1 N–H and O–H groups in total. The van der Waals surface area contributed by atoms with Crippen molar-refractivity contribution in [1.29, 1.82) is 0 Å². The van der Waals surface area contributed by atoms with Crippen LogP contribution in [0.4, 0.5) is 0 Å². The third-order valence-electron chi connectivity index (χ3n) is 3.26. The van der Waals surface area contributed by atoms with Gasteiger partial charge in [-0.15, -0.1) is 0 Å². The number of H-pyrrole nitrogens is 1. The summed E-state index contributed by atoms with van der Waals surface area (Å²) in [4.78, 5) is 7.26. The summed E-state index contributed by atoms with van der Waals surface area (Å²) in [6.45, 7) is 0. The zero-order valence-corrected chi connectivity index (χ0v) is 14.0. The summed E-state index contributed by atoms with van der Waals surface area (Å²) in [5, 5.41) is 1.63. The van der Waals surface area contributed by atoms with Crippen molar-refractivity contribution < 1.29 is 12.6 Å². The van der Waals surface area contributed by atoms with E-state index in [-0.39, 0.29) is 5.75 Å². The molecule has 0 aliphatic carbocycles. The van der Waals surface area contributed by atoms with E-state index in [9.17, 15) is 8.42 Å². The van der Waals surface area contributed by atoms with Crippen molar-refractivity contribution in [2.75, 3.05) is 14.1 Å².